The Morgan fingerprint density at radius 2 is 1.45 bits per heavy atom. The lowest BCUT2D eigenvalue weighted by molar-refractivity contribution is -0.173. The van der Waals surface area contributed by atoms with Crippen LogP contribution in [0.3, 0.4) is 0 Å². The van der Waals surface area contributed by atoms with Crippen LogP contribution in [0.1, 0.15) is 84.5 Å². The molecule has 0 amide bonds. The average molecular weight is 417 g/mol. The normalized spacial score (nSPS) is 14.9. The maximum absolute atomic E-state index is 12.1. The highest BCUT2D eigenvalue weighted by atomic mass is 16.6. The van der Waals surface area contributed by atoms with E-state index in [2.05, 4.69) is 11.7 Å². The smallest absolute Gasteiger partial charge is 0.337 e. The van der Waals surface area contributed by atoms with E-state index < -0.39 is 36.9 Å². The second-order valence-corrected chi connectivity index (χ2v) is 7.44. The first kappa shape index (κ1) is 27.6. The van der Waals surface area contributed by atoms with Crippen molar-refractivity contribution < 1.29 is 34.4 Å². The molecule has 170 valence electrons. The molecular weight excluding hydrogens is 376 g/mol. The Bertz CT molecular complexity index is 476. The zero-order valence-electron chi connectivity index (χ0n) is 18.3. The molecule has 0 aromatic rings. The third kappa shape index (κ3) is 12.7. The number of esters is 2. The fourth-order valence-corrected chi connectivity index (χ4v) is 2.94. The quantitative estimate of drug-likeness (QED) is 0.190. The lowest BCUT2D eigenvalue weighted by Crippen LogP contribution is -2.46. The Labute approximate surface area is 175 Å². The van der Waals surface area contributed by atoms with Gasteiger partial charge in [-0.3, -0.25) is 0 Å². The first-order valence-electron chi connectivity index (χ1n) is 10.8. The summed E-state index contributed by atoms with van der Waals surface area (Å²) < 4.78 is 9.33. The van der Waals surface area contributed by atoms with E-state index in [0.29, 0.717) is 5.57 Å². The average Bonchev–Trinajstić information content (AvgIpc) is 2.73. The number of aliphatic hydroxyl groups is 3. The number of hydrogen-bond acceptors (Lipinski definition) is 7. The fraction of sp³-hybridized carbons (Fsp3) is 0.818. The molecule has 0 aliphatic carbocycles. The van der Waals surface area contributed by atoms with Crippen LogP contribution in [-0.4, -0.2) is 59.3 Å². The molecule has 0 spiro atoms. The molecule has 0 rings (SSSR count). The van der Waals surface area contributed by atoms with E-state index in [1.807, 2.05) is 0 Å². The van der Waals surface area contributed by atoms with Crippen molar-refractivity contribution in [1.29, 1.82) is 0 Å². The van der Waals surface area contributed by atoms with Crippen molar-refractivity contribution in [3.8, 4) is 0 Å². The molecule has 0 unspecified atom stereocenters. The van der Waals surface area contributed by atoms with Gasteiger partial charge in [-0.1, -0.05) is 70.8 Å². The predicted molar refractivity (Wildman–Crippen MR) is 111 cm³/mol. The maximum atomic E-state index is 12.1. The second kappa shape index (κ2) is 17.4. The van der Waals surface area contributed by atoms with Crippen LogP contribution in [0.15, 0.2) is 11.6 Å². The minimum absolute atomic E-state index is 0.360. The van der Waals surface area contributed by atoms with Crippen LogP contribution in [0.25, 0.3) is 0 Å². The van der Waals surface area contributed by atoms with Gasteiger partial charge >= 0.3 is 11.9 Å². The molecule has 7 heteroatoms. The monoisotopic (exact) mass is 416 g/mol. The topological polar surface area (TPSA) is 113 Å². The second-order valence-electron chi connectivity index (χ2n) is 7.44. The van der Waals surface area contributed by atoms with Gasteiger partial charge < -0.3 is 24.8 Å². The summed E-state index contributed by atoms with van der Waals surface area (Å²) in [5.74, 6) is -1.77. The van der Waals surface area contributed by atoms with Crippen LogP contribution in [0.5, 0.6) is 0 Å². The van der Waals surface area contributed by atoms with Gasteiger partial charge in [0.2, 0.25) is 0 Å². The molecule has 7 nitrogen and oxygen atoms in total. The van der Waals surface area contributed by atoms with Gasteiger partial charge in [-0.2, -0.15) is 0 Å². The van der Waals surface area contributed by atoms with Crippen molar-refractivity contribution in [2.45, 2.75) is 103 Å². The molecule has 0 aliphatic heterocycles. The van der Waals surface area contributed by atoms with E-state index in [-0.39, 0.29) is 0 Å². The minimum atomic E-state index is -1.90. The van der Waals surface area contributed by atoms with Gasteiger partial charge in [0.05, 0.1) is 13.7 Å². The van der Waals surface area contributed by atoms with Crippen molar-refractivity contribution in [2.75, 3.05) is 13.7 Å². The minimum Gasteiger partial charge on any atom is -0.467 e. The summed E-state index contributed by atoms with van der Waals surface area (Å²) in [5, 5.41) is 28.8. The number of hydrogen-bond donors (Lipinski definition) is 3. The largest absolute Gasteiger partial charge is 0.467 e. The first-order valence-corrected chi connectivity index (χ1v) is 10.8. The molecule has 0 fully saturated rings. The van der Waals surface area contributed by atoms with Crippen LogP contribution in [-0.2, 0) is 19.1 Å². The highest BCUT2D eigenvalue weighted by Crippen LogP contribution is 2.13. The Morgan fingerprint density at radius 3 is 1.93 bits per heavy atom. The van der Waals surface area contributed by atoms with Crippen molar-refractivity contribution in [1.82, 2.24) is 0 Å². The standard InChI is InChI=1S/C22H40O7/c1-4-5-6-7-8-9-10-11-12-13-14-15-17(2)21(26)29-18(16-23)19(24)20(25)22(27)28-3/h15,18-20,23-25H,4-14,16H2,1-3H3/b17-15+/t18-,19+,20+/m0/s1. The summed E-state index contributed by atoms with van der Waals surface area (Å²) in [5.41, 5.74) is 0.360. The Kier molecular flexibility index (Phi) is 16.6. The van der Waals surface area contributed by atoms with E-state index in [0.717, 1.165) is 26.4 Å². The number of allylic oxidation sites excluding steroid dienone is 1. The molecule has 0 aliphatic rings. The van der Waals surface area contributed by atoms with Crippen molar-refractivity contribution >= 4 is 11.9 Å². The molecule has 0 radical (unpaired) electrons. The summed E-state index contributed by atoms with van der Waals surface area (Å²) in [4.78, 5) is 23.3. The molecule has 0 aromatic carbocycles. The van der Waals surface area contributed by atoms with Crippen molar-refractivity contribution in [3.05, 3.63) is 11.6 Å². The number of aliphatic hydroxyl groups excluding tert-OH is 3. The van der Waals surface area contributed by atoms with Crippen LogP contribution < -0.4 is 0 Å². The van der Waals surface area contributed by atoms with Gasteiger partial charge in [0, 0.05) is 5.57 Å². The molecule has 0 bridgehead atoms. The number of unbranched alkanes of at least 4 members (excludes halogenated alkanes) is 10. The number of rotatable bonds is 17. The van der Waals surface area contributed by atoms with Gasteiger partial charge in [-0.15, -0.1) is 0 Å². The third-order valence-electron chi connectivity index (χ3n) is 4.92. The van der Waals surface area contributed by atoms with Gasteiger partial charge in [-0.25, -0.2) is 9.59 Å². The SMILES string of the molecule is CCCCCCCCCCCC/C=C(\C)C(=O)O[C@@H](CO)[C@@H](O)[C@@H](O)C(=O)OC. The van der Waals surface area contributed by atoms with Gasteiger partial charge in [0.25, 0.3) is 0 Å². The number of methoxy groups -OCH3 is 1. The molecule has 29 heavy (non-hydrogen) atoms. The van der Waals surface area contributed by atoms with E-state index >= 15 is 0 Å². The first-order chi connectivity index (χ1) is 13.9. The summed E-state index contributed by atoms with van der Waals surface area (Å²) >= 11 is 0. The molecule has 0 saturated heterocycles. The molecule has 3 N–H and O–H groups in total. The maximum Gasteiger partial charge on any atom is 0.337 e. The van der Waals surface area contributed by atoms with E-state index in [1.165, 1.54) is 51.4 Å². The van der Waals surface area contributed by atoms with Crippen LogP contribution in [0, 0.1) is 0 Å². The fourth-order valence-electron chi connectivity index (χ4n) is 2.94. The number of carbonyl (C=O) groups is 2. The Hall–Kier alpha value is -1.44. The number of carbonyl (C=O) groups excluding carboxylic acids is 2. The highest BCUT2D eigenvalue weighted by Gasteiger charge is 2.34. The van der Waals surface area contributed by atoms with Crippen molar-refractivity contribution in [2.24, 2.45) is 0 Å². The lowest BCUT2D eigenvalue weighted by Gasteiger charge is -2.24. The summed E-state index contributed by atoms with van der Waals surface area (Å²) in [6.07, 6.45) is 9.82. The van der Waals surface area contributed by atoms with Crippen molar-refractivity contribution in [3.63, 3.8) is 0 Å². The highest BCUT2D eigenvalue weighted by molar-refractivity contribution is 5.87. The van der Waals surface area contributed by atoms with Gasteiger partial charge in [0.15, 0.2) is 12.2 Å². The zero-order chi connectivity index (χ0) is 22.1. The van der Waals surface area contributed by atoms with Gasteiger partial charge in [-0.05, 0) is 19.8 Å². The summed E-state index contributed by atoms with van der Waals surface area (Å²) in [7, 11) is 1.05. The third-order valence-corrected chi connectivity index (χ3v) is 4.92. The molecule has 0 heterocycles. The van der Waals surface area contributed by atoms with E-state index in [4.69, 9.17) is 4.74 Å². The van der Waals surface area contributed by atoms with Crippen LogP contribution in [0.2, 0.25) is 0 Å². The predicted octanol–water partition coefficient (Wildman–Crippen LogP) is 3.04. The number of ether oxygens (including phenoxy) is 2. The molecule has 0 saturated carbocycles. The van der Waals surface area contributed by atoms with Crippen LogP contribution in [0.4, 0.5) is 0 Å². The summed E-state index contributed by atoms with van der Waals surface area (Å²) in [6, 6.07) is 0. The van der Waals surface area contributed by atoms with E-state index in [1.54, 1.807) is 13.0 Å². The van der Waals surface area contributed by atoms with Gasteiger partial charge in [0.1, 0.15) is 6.10 Å². The lowest BCUT2D eigenvalue weighted by atomic mass is 10.1. The Balaban J connectivity index is 4.09. The summed E-state index contributed by atoms with van der Waals surface area (Å²) in [6.45, 7) is 3.09. The van der Waals surface area contributed by atoms with E-state index in [9.17, 15) is 24.9 Å². The Morgan fingerprint density at radius 1 is 0.931 bits per heavy atom. The van der Waals surface area contributed by atoms with Crippen LogP contribution >= 0.6 is 0 Å². The molecule has 0 aromatic heterocycles. The zero-order valence-corrected chi connectivity index (χ0v) is 18.3. The molecular formula is C22H40O7. The molecule has 3 atom stereocenters.